The molecule has 98 valence electrons. The number of aromatic nitrogens is 1. The third kappa shape index (κ3) is 2.98. The van der Waals surface area contributed by atoms with Crippen LogP contribution in [-0.2, 0) is 0 Å². The summed E-state index contributed by atoms with van der Waals surface area (Å²) < 4.78 is 0. The molecule has 2 N–H and O–H groups in total. The van der Waals surface area contributed by atoms with Gasteiger partial charge in [-0.05, 0) is 31.9 Å². The molecule has 1 saturated carbocycles. The molecule has 1 aliphatic rings. The molecule has 1 heterocycles. The molecule has 0 atom stereocenters. The molecule has 5 nitrogen and oxygen atoms in total. The fourth-order valence-corrected chi connectivity index (χ4v) is 1.95. The fraction of sp³-hybridized carbons (Fsp3) is 0.538. The van der Waals surface area contributed by atoms with Crippen molar-refractivity contribution in [3.63, 3.8) is 0 Å². The maximum Gasteiger partial charge on any atom is 0.272 e. The number of anilines is 1. The highest BCUT2D eigenvalue weighted by atomic mass is 16.3. The number of carbonyl (C=O) groups excluding carboxylic acids is 1. The van der Waals surface area contributed by atoms with Crippen LogP contribution in [0.15, 0.2) is 18.3 Å². The van der Waals surface area contributed by atoms with Crippen LogP contribution in [0.2, 0.25) is 0 Å². The van der Waals surface area contributed by atoms with Crippen molar-refractivity contribution in [2.45, 2.75) is 25.8 Å². The predicted molar refractivity (Wildman–Crippen MR) is 69.5 cm³/mol. The molecule has 18 heavy (non-hydrogen) atoms. The van der Waals surface area contributed by atoms with Gasteiger partial charge in [-0.3, -0.25) is 9.78 Å². The number of carbonyl (C=O) groups is 1. The monoisotopic (exact) mass is 249 g/mol. The summed E-state index contributed by atoms with van der Waals surface area (Å²) in [5.41, 5.74) is 1.34. The smallest absolute Gasteiger partial charge is 0.272 e. The zero-order valence-electron chi connectivity index (χ0n) is 10.6. The van der Waals surface area contributed by atoms with E-state index in [2.05, 4.69) is 10.3 Å². The van der Waals surface area contributed by atoms with Crippen LogP contribution in [0.25, 0.3) is 0 Å². The van der Waals surface area contributed by atoms with E-state index in [1.54, 1.807) is 17.2 Å². The van der Waals surface area contributed by atoms with Crippen molar-refractivity contribution in [2.75, 3.05) is 25.0 Å². The number of hydrogen-bond acceptors (Lipinski definition) is 4. The summed E-state index contributed by atoms with van der Waals surface area (Å²) in [7, 11) is 0. The Morgan fingerprint density at radius 1 is 1.61 bits per heavy atom. The van der Waals surface area contributed by atoms with Gasteiger partial charge in [-0.15, -0.1) is 0 Å². The van der Waals surface area contributed by atoms with Gasteiger partial charge in [0.1, 0.15) is 5.69 Å². The highest BCUT2D eigenvalue weighted by Crippen LogP contribution is 2.27. The van der Waals surface area contributed by atoms with E-state index in [-0.39, 0.29) is 18.6 Å². The van der Waals surface area contributed by atoms with Gasteiger partial charge >= 0.3 is 0 Å². The number of pyridine rings is 1. The molecule has 0 spiro atoms. The third-order valence-electron chi connectivity index (χ3n) is 2.95. The van der Waals surface area contributed by atoms with E-state index in [9.17, 15) is 4.79 Å². The highest BCUT2D eigenvalue weighted by molar-refractivity contribution is 5.93. The minimum Gasteiger partial charge on any atom is -0.395 e. The molecule has 0 aliphatic heterocycles. The lowest BCUT2D eigenvalue weighted by Gasteiger charge is -2.21. The van der Waals surface area contributed by atoms with Crippen LogP contribution in [0, 0.1) is 0 Å². The first kappa shape index (κ1) is 12.8. The van der Waals surface area contributed by atoms with Gasteiger partial charge in [0.2, 0.25) is 0 Å². The number of nitrogens with zero attached hydrogens (tertiary/aromatic N) is 2. The largest absolute Gasteiger partial charge is 0.395 e. The van der Waals surface area contributed by atoms with Crippen molar-refractivity contribution >= 4 is 11.6 Å². The van der Waals surface area contributed by atoms with Crippen LogP contribution >= 0.6 is 0 Å². The van der Waals surface area contributed by atoms with E-state index >= 15 is 0 Å². The molecular formula is C13H19N3O2. The van der Waals surface area contributed by atoms with Crippen molar-refractivity contribution < 1.29 is 9.90 Å². The number of amides is 1. The zero-order valence-corrected chi connectivity index (χ0v) is 10.6. The SMILES string of the molecule is CCNc1ccnc(C(=O)N(CCO)C2CC2)c1. The van der Waals surface area contributed by atoms with E-state index < -0.39 is 0 Å². The summed E-state index contributed by atoms with van der Waals surface area (Å²) in [6, 6.07) is 3.89. The van der Waals surface area contributed by atoms with Crippen LogP contribution in [0.1, 0.15) is 30.3 Å². The summed E-state index contributed by atoms with van der Waals surface area (Å²) >= 11 is 0. The first-order chi connectivity index (χ1) is 8.76. The van der Waals surface area contributed by atoms with Crippen molar-refractivity contribution in [2.24, 2.45) is 0 Å². The standard InChI is InChI=1S/C13H19N3O2/c1-2-14-10-5-6-15-12(9-10)13(18)16(7-8-17)11-3-4-11/h5-6,9,11,17H,2-4,7-8H2,1H3,(H,14,15). The summed E-state index contributed by atoms with van der Waals surface area (Å²) in [5, 5.41) is 12.2. The van der Waals surface area contributed by atoms with Gasteiger partial charge in [-0.2, -0.15) is 0 Å². The molecule has 2 rings (SSSR count). The number of hydrogen-bond donors (Lipinski definition) is 2. The molecule has 0 radical (unpaired) electrons. The lowest BCUT2D eigenvalue weighted by atomic mass is 10.2. The minimum atomic E-state index is -0.0914. The first-order valence-electron chi connectivity index (χ1n) is 6.38. The average Bonchev–Trinajstić information content (AvgIpc) is 3.20. The highest BCUT2D eigenvalue weighted by Gasteiger charge is 2.33. The molecule has 1 amide bonds. The lowest BCUT2D eigenvalue weighted by Crippen LogP contribution is -2.36. The molecule has 5 heteroatoms. The van der Waals surface area contributed by atoms with Crippen LogP contribution in [0.4, 0.5) is 5.69 Å². The van der Waals surface area contributed by atoms with Crippen molar-refractivity contribution in [1.82, 2.24) is 9.88 Å². The average molecular weight is 249 g/mol. The normalized spacial score (nSPS) is 14.3. The molecule has 0 aromatic carbocycles. The second kappa shape index (κ2) is 5.82. The maximum absolute atomic E-state index is 12.3. The molecule has 0 saturated heterocycles. The summed E-state index contributed by atoms with van der Waals surface area (Å²) in [6.45, 7) is 3.19. The molecule has 0 unspecified atom stereocenters. The molecule has 1 fully saturated rings. The third-order valence-corrected chi connectivity index (χ3v) is 2.95. The fourth-order valence-electron chi connectivity index (χ4n) is 1.95. The minimum absolute atomic E-state index is 0.00482. The molecule has 0 bridgehead atoms. The Morgan fingerprint density at radius 3 is 3.00 bits per heavy atom. The quantitative estimate of drug-likeness (QED) is 0.792. The van der Waals surface area contributed by atoms with Crippen LogP contribution in [0.3, 0.4) is 0 Å². The summed E-state index contributed by atoms with van der Waals surface area (Å²) in [6.07, 6.45) is 3.69. The van der Waals surface area contributed by atoms with Gasteiger partial charge in [0, 0.05) is 31.0 Å². The van der Waals surface area contributed by atoms with Crippen LogP contribution in [0.5, 0.6) is 0 Å². The number of nitrogens with one attached hydrogen (secondary N) is 1. The van der Waals surface area contributed by atoms with Gasteiger partial charge in [-0.1, -0.05) is 0 Å². The van der Waals surface area contributed by atoms with E-state index in [0.717, 1.165) is 25.1 Å². The first-order valence-corrected chi connectivity index (χ1v) is 6.38. The van der Waals surface area contributed by atoms with Crippen molar-refractivity contribution in [3.8, 4) is 0 Å². The van der Waals surface area contributed by atoms with Gasteiger partial charge < -0.3 is 15.3 Å². The topological polar surface area (TPSA) is 65.5 Å². The Kier molecular flexibility index (Phi) is 4.15. The number of aliphatic hydroxyl groups is 1. The second-order valence-electron chi connectivity index (χ2n) is 4.41. The maximum atomic E-state index is 12.3. The Bertz CT molecular complexity index is 418. The van der Waals surface area contributed by atoms with Gasteiger partial charge in [0.15, 0.2) is 0 Å². The van der Waals surface area contributed by atoms with Crippen LogP contribution in [-0.4, -0.2) is 46.6 Å². The molecule has 1 aliphatic carbocycles. The predicted octanol–water partition coefficient (Wildman–Crippen LogP) is 1.11. The Balaban J connectivity index is 2.13. The lowest BCUT2D eigenvalue weighted by molar-refractivity contribution is 0.0702. The summed E-state index contributed by atoms with van der Waals surface area (Å²) in [4.78, 5) is 18.1. The van der Waals surface area contributed by atoms with Gasteiger partial charge in [-0.25, -0.2) is 0 Å². The zero-order chi connectivity index (χ0) is 13.0. The van der Waals surface area contributed by atoms with E-state index in [4.69, 9.17) is 5.11 Å². The molecule has 1 aromatic heterocycles. The Hall–Kier alpha value is -1.62. The van der Waals surface area contributed by atoms with E-state index in [0.29, 0.717) is 12.2 Å². The van der Waals surface area contributed by atoms with Crippen LogP contribution < -0.4 is 5.32 Å². The van der Waals surface area contributed by atoms with E-state index in [1.807, 2.05) is 13.0 Å². The second-order valence-corrected chi connectivity index (χ2v) is 4.41. The van der Waals surface area contributed by atoms with Gasteiger partial charge in [0.25, 0.3) is 5.91 Å². The van der Waals surface area contributed by atoms with Crippen molar-refractivity contribution in [1.29, 1.82) is 0 Å². The Labute approximate surface area is 107 Å². The number of rotatable bonds is 6. The van der Waals surface area contributed by atoms with Crippen molar-refractivity contribution in [3.05, 3.63) is 24.0 Å². The molecular weight excluding hydrogens is 230 g/mol. The van der Waals surface area contributed by atoms with E-state index in [1.165, 1.54) is 0 Å². The summed E-state index contributed by atoms with van der Waals surface area (Å²) in [5.74, 6) is -0.0914. The molecule has 1 aromatic rings. The Morgan fingerprint density at radius 2 is 2.39 bits per heavy atom. The van der Waals surface area contributed by atoms with Gasteiger partial charge in [0.05, 0.1) is 6.61 Å². The number of aliphatic hydroxyl groups excluding tert-OH is 1.